The number of hydrogen-bond donors (Lipinski definition) is 4. The molecule has 0 radical (unpaired) electrons. The Morgan fingerprint density at radius 3 is 2.56 bits per heavy atom. The normalized spacial score (nSPS) is 13.1. The Kier molecular flexibility index (Phi) is 6.59. The number of anilines is 3. The third kappa shape index (κ3) is 5.08. The quantitative estimate of drug-likeness (QED) is 0.548. The number of aryl methyl sites for hydroxylation is 1. The zero-order chi connectivity index (χ0) is 20.1. The zero-order valence-electron chi connectivity index (χ0n) is 15.2. The summed E-state index contributed by atoms with van der Waals surface area (Å²) in [4.78, 5) is 19.6. The molecule has 0 aliphatic heterocycles. The lowest BCUT2D eigenvalue weighted by molar-refractivity contribution is 0.100. The van der Waals surface area contributed by atoms with E-state index < -0.39 is 23.6 Å². The third-order valence-corrected chi connectivity index (χ3v) is 3.83. The first-order valence-electron chi connectivity index (χ1n) is 8.13. The molecule has 8 nitrogen and oxygen atoms in total. The predicted molar refractivity (Wildman–Crippen MR) is 97.9 cm³/mol. The second kappa shape index (κ2) is 8.69. The van der Waals surface area contributed by atoms with Gasteiger partial charge in [0.05, 0.1) is 35.8 Å². The van der Waals surface area contributed by atoms with Crippen molar-refractivity contribution in [3.63, 3.8) is 0 Å². The molecule has 0 aromatic carbocycles. The molecular weight excluding hydrogens is 358 g/mol. The molecule has 0 fully saturated rings. The van der Waals surface area contributed by atoms with E-state index in [0.29, 0.717) is 0 Å². The molecule has 0 unspecified atom stereocenters. The van der Waals surface area contributed by atoms with Crippen LogP contribution in [0.1, 0.15) is 23.0 Å². The van der Waals surface area contributed by atoms with Crippen molar-refractivity contribution in [3.05, 3.63) is 41.2 Å². The van der Waals surface area contributed by atoms with Crippen LogP contribution in [0.2, 0.25) is 0 Å². The van der Waals surface area contributed by atoms with Crippen molar-refractivity contribution in [1.82, 2.24) is 9.97 Å². The molecule has 0 aliphatic rings. The van der Waals surface area contributed by atoms with Crippen LogP contribution >= 0.6 is 0 Å². The van der Waals surface area contributed by atoms with Gasteiger partial charge in [-0.2, -0.15) is 0 Å². The molecule has 6 N–H and O–H groups in total. The molecule has 2 atom stereocenters. The topological polar surface area (TPSA) is 128 Å². The van der Waals surface area contributed by atoms with Crippen LogP contribution in [0, 0.1) is 18.6 Å². The molecule has 1 amide bonds. The Bertz CT molecular complexity index is 831. The minimum Gasteiger partial charge on any atom is -0.382 e. The van der Waals surface area contributed by atoms with Crippen LogP contribution in [0.15, 0.2) is 18.3 Å². The van der Waals surface area contributed by atoms with Crippen molar-refractivity contribution in [1.29, 1.82) is 0 Å². The number of pyridine rings is 2. The number of rotatable bonds is 8. The third-order valence-electron chi connectivity index (χ3n) is 3.83. The number of nitrogens with zero attached hydrogens (tertiary/aromatic N) is 2. The number of methoxy groups -OCH3 is 1. The molecule has 2 aromatic heterocycles. The van der Waals surface area contributed by atoms with Crippen molar-refractivity contribution in [3.8, 4) is 0 Å². The summed E-state index contributed by atoms with van der Waals surface area (Å²) in [6.07, 6.45) is 1.36. The Morgan fingerprint density at radius 2 is 2.00 bits per heavy atom. The van der Waals surface area contributed by atoms with Crippen LogP contribution in [-0.4, -0.2) is 41.7 Å². The first kappa shape index (κ1) is 20.5. The van der Waals surface area contributed by atoms with Gasteiger partial charge in [0.1, 0.15) is 11.6 Å². The number of aromatic nitrogens is 2. The van der Waals surface area contributed by atoms with E-state index in [0.717, 1.165) is 6.07 Å². The Morgan fingerprint density at radius 1 is 1.30 bits per heavy atom. The molecule has 2 heterocycles. The highest BCUT2D eigenvalue weighted by molar-refractivity contribution is 5.98. The number of hydrogen-bond acceptors (Lipinski definition) is 7. The van der Waals surface area contributed by atoms with Crippen LogP contribution in [0.5, 0.6) is 0 Å². The fraction of sp³-hybridized carbons (Fsp3) is 0.353. The minimum absolute atomic E-state index is 0.0442. The van der Waals surface area contributed by atoms with Crippen LogP contribution in [-0.2, 0) is 4.74 Å². The maximum atomic E-state index is 14.4. The van der Waals surface area contributed by atoms with Gasteiger partial charge in [0.2, 0.25) is 0 Å². The molecule has 0 spiro atoms. The summed E-state index contributed by atoms with van der Waals surface area (Å²) in [5.41, 5.74) is 11.4. The second-order valence-corrected chi connectivity index (χ2v) is 6.06. The van der Waals surface area contributed by atoms with Gasteiger partial charge in [0.15, 0.2) is 11.6 Å². The molecule has 0 bridgehead atoms. The summed E-state index contributed by atoms with van der Waals surface area (Å²) in [6.45, 7) is 3.45. The zero-order valence-corrected chi connectivity index (χ0v) is 15.2. The standard InChI is InChI=1S/C17H22F2N6O2/c1-8(20)14(7-27-3)24-17-13(19)5-11(15(21)26)16(25-17)23-10-4-12(18)9(2)22-6-10/h4-6,8,14H,7,20H2,1-3H3,(H2,21,26)(H2,23,24,25)/t8-,14+/m0/s1. The van der Waals surface area contributed by atoms with Gasteiger partial charge in [-0.15, -0.1) is 0 Å². The molecule has 2 aromatic rings. The van der Waals surface area contributed by atoms with Crippen molar-refractivity contribution < 1.29 is 18.3 Å². The number of amides is 1. The monoisotopic (exact) mass is 380 g/mol. The molecule has 10 heteroatoms. The SMILES string of the molecule is COC[C@@H](Nc1nc(Nc2cnc(C)c(F)c2)c(C(N)=O)cc1F)[C@H](C)N. The smallest absolute Gasteiger partial charge is 0.252 e. The van der Waals surface area contributed by atoms with E-state index in [1.54, 1.807) is 6.92 Å². The summed E-state index contributed by atoms with van der Waals surface area (Å²) < 4.78 is 33.2. The highest BCUT2D eigenvalue weighted by Gasteiger charge is 2.20. The predicted octanol–water partition coefficient (Wildman–Crippen LogP) is 1.68. The first-order chi connectivity index (χ1) is 12.7. The number of carbonyl (C=O) groups is 1. The van der Waals surface area contributed by atoms with Gasteiger partial charge in [0.25, 0.3) is 5.91 Å². The second-order valence-electron chi connectivity index (χ2n) is 6.06. The fourth-order valence-corrected chi connectivity index (χ4v) is 2.26. The summed E-state index contributed by atoms with van der Waals surface area (Å²) in [5.74, 6) is -2.42. The maximum absolute atomic E-state index is 14.4. The molecule has 27 heavy (non-hydrogen) atoms. The Hall–Kier alpha value is -2.85. The average molecular weight is 380 g/mol. The van der Waals surface area contributed by atoms with Crippen molar-refractivity contribution in [2.75, 3.05) is 24.4 Å². The summed E-state index contributed by atoms with van der Waals surface area (Å²) in [5, 5.41) is 5.58. The van der Waals surface area contributed by atoms with E-state index in [2.05, 4.69) is 20.6 Å². The summed E-state index contributed by atoms with van der Waals surface area (Å²) in [7, 11) is 1.49. The lowest BCUT2D eigenvalue weighted by Crippen LogP contribution is -2.41. The van der Waals surface area contributed by atoms with E-state index in [1.165, 1.54) is 26.3 Å². The highest BCUT2D eigenvalue weighted by atomic mass is 19.1. The van der Waals surface area contributed by atoms with Crippen LogP contribution in [0.25, 0.3) is 0 Å². The average Bonchev–Trinajstić information content (AvgIpc) is 2.59. The summed E-state index contributed by atoms with van der Waals surface area (Å²) in [6, 6.07) is 1.33. The van der Waals surface area contributed by atoms with E-state index in [9.17, 15) is 13.6 Å². The van der Waals surface area contributed by atoms with Crippen molar-refractivity contribution >= 4 is 23.2 Å². The number of primary amides is 1. The van der Waals surface area contributed by atoms with E-state index in [1.807, 2.05) is 0 Å². The minimum atomic E-state index is -0.892. The largest absolute Gasteiger partial charge is 0.382 e. The van der Waals surface area contributed by atoms with Crippen LogP contribution in [0.3, 0.4) is 0 Å². The summed E-state index contributed by atoms with van der Waals surface area (Å²) >= 11 is 0. The van der Waals surface area contributed by atoms with Gasteiger partial charge in [-0.05, 0) is 19.9 Å². The van der Waals surface area contributed by atoms with E-state index in [-0.39, 0.29) is 41.2 Å². The Balaban J connectivity index is 2.41. The van der Waals surface area contributed by atoms with Crippen LogP contribution < -0.4 is 22.1 Å². The lowest BCUT2D eigenvalue weighted by atomic mass is 10.1. The fourth-order valence-electron chi connectivity index (χ4n) is 2.26. The highest BCUT2D eigenvalue weighted by Crippen LogP contribution is 2.24. The van der Waals surface area contributed by atoms with Gasteiger partial charge in [-0.1, -0.05) is 0 Å². The first-order valence-corrected chi connectivity index (χ1v) is 8.13. The molecule has 0 aliphatic carbocycles. The number of carbonyl (C=O) groups excluding carboxylic acids is 1. The number of nitrogens with one attached hydrogen (secondary N) is 2. The molecule has 0 saturated carbocycles. The lowest BCUT2D eigenvalue weighted by Gasteiger charge is -2.23. The van der Waals surface area contributed by atoms with Crippen molar-refractivity contribution in [2.45, 2.75) is 25.9 Å². The Labute approximate surface area is 155 Å². The van der Waals surface area contributed by atoms with Gasteiger partial charge in [-0.3, -0.25) is 9.78 Å². The van der Waals surface area contributed by atoms with Gasteiger partial charge in [0, 0.05) is 19.2 Å². The number of halogens is 2. The van der Waals surface area contributed by atoms with Gasteiger partial charge in [-0.25, -0.2) is 13.8 Å². The molecular formula is C17H22F2N6O2. The van der Waals surface area contributed by atoms with E-state index in [4.69, 9.17) is 16.2 Å². The van der Waals surface area contributed by atoms with E-state index >= 15 is 0 Å². The van der Waals surface area contributed by atoms with Crippen LogP contribution in [0.4, 0.5) is 26.1 Å². The molecule has 146 valence electrons. The van der Waals surface area contributed by atoms with Gasteiger partial charge < -0.3 is 26.8 Å². The maximum Gasteiger partial charge on any atom is 0.252 e. The number of nitrogens with two attached hydrogens (primary N) is 2. The molecule has 2 rings (SSSR count). The number of ether oxygens (including phenoxy) is 1. The van der Waals surface area contributed by atoms with Crippen molar-refractivity contribution in [2.24, 2.45) is 11.5 Å². The molecule has 0 saturated heterocycles. The van der Waals surface area contributed by atoms with Gasteiger partial charge >= 0.3 is 0 Å².